The Morgan fingerprint density at radius 2 is 1.89 bits per heavy atom. The number of nitro benzene ring substituents is 1. The van der Waals surface area contributed by atoms with E-state index in [9.17, 15) is 10.1 Å². The molecule has 0 aliphatic rings. The van der Waals surface area contributed by atoms with Crippen LogP contribution in [0.25, 0.3) is 0 Å². The van der Waals surface area contributed by atoms with Crippen LogP contribution in [0.2, 0.25) is 0 Å². The molecule has 0 aromatic heterocycles. The highest BCUT2D eigenvalue weighted by Crippen LogP contribution is 2.27. The van der Waals surface area contributed by atoms with E-state index in [4.69, 9.17) is 11.0 Å². The van der Waals surface area contributed by atoms with Crippen molar-refractivity contribution in [1.82, 2.24) is 0 Å². The molecule has 3 N–H and O–H groups in total. The van der Waals surface area contributed by atoms with Gasteiger partial charge in [-0.25, -0.2) is 0 Å². The standard InChI is InChI=1S/C13H10N4O2/c14-8-9-1-3-10(4-2-9)16-13-6-5-11(17(18)19)7-12(13)15/h1-7,16H,15H2. The summed E-state index contributed by atoms with van der Waals surface area (Å²) in [6.07, 6.45) is 0. The van der Waals surface area contributed by atoms with E-state index in [0.717, 1.165) is 5.69 Å². The molecule has 0 unspecified atom stereocenters. The lowest BCUT2D eigenvalue weighted by atomic mass is 10.2. The van der Waals surface area contributed by atoms with Crippen molar-refractivity contribution in [1.29, 1.82) is 5.26 Å². The van der Waals surface area contributed by atoms with Crippen molar-refractivity contribution in [2.75, 3.05) is 11.1 Å². The van der Waals surface area contributed by atoms with Gasteiger partial charge in [0, 0.05) is 17.8 Å². The zero-order valence-corrected chi connectivity index (χ0v) is 9.83. The van der Waals surface area contributed by atoms with Crippen LogP contribution in [0, 0.1) is 21.4 Å². The van der Waals surface area contributed by atoms with Crippen molar-refractivity contribution in [3.05, 3.63) is 58.1 Å². The minimum absolute atomic E-state index is 0.0529. The number of non-ortho nitro benzene ring substituents is 1. The first-order valence-corrected chi connectivity index (χ1v) is 5.41. The van der Waals surface area contributed by atoms with Gasteiger partial charge >= 0.3 is 0 Å². The second kappa shape index (κ2) is 5.06. The predicted molar refractivity (Wildman–Crippen MR) is 71.9 cm³/mol. The van der Waals surface area contributed by atoms with Crippen LogP contribution in [0.4, 0.5) is 22.7 Å². The van der Waals surface area contributed by atoms with E-state index in [1.165, 1.54) is 12.1 Å². The van der Waals surface area contributed by atoms with E-state index in [1.807, 2.05) is 6.07 Å². The monoisotopic (exact) mass is 254 g/mol. The molecule has 2 aromatic rings. The van der Waals surface area contributed by atoms with Crippen LogP contribution in [-0.4, -0.2) is 4.92 Å². The van der Waals surface area contributed by atoms with Crippen molar-refractivity contribution in [2.45, 2.75) is 0 Å². The van der Waals surface area contributed by atoms with Crippen molar-refractivity contribution in [2.24, 2.45) is 0 Å². The molecule has 2 aromatic carbocycles. The maximum Gasteiger partial charge on any atom is 0.271 e. The minimum atomic E-state index is -0.498. The zero-order chi connectivity index (χ0) is 13.8. The highest BCUT2D eigenvalue weighted by atomic mass is 16.6. The summed E-state index contributed by atoms with van der Waals surface area (Å²) < 4.78 is 0. The Hall–Kier alpha value is -3.07. The van der Waals surface area contributed by atoms with Gasteiger partial charge in [-0.05, 0) is 30.3 Å². The molecule has 0 aliphatic heterocycles. The Balaban J connectivity index is 2.23. The summed E-state index contributed by atoms with van der Waals surface area (Å²) in [5.74, 6) is 0. The summed E-state index contributed by atoms with van der Waals surface area (Å²) in [6.45, 7) is 0. The smallest absolute Gasteiger partial charge is 0.271 e. The van der Waals surface area contributed by atoms with E-state index in [-0.39, 0.29) is 5.69 Å². The van der Waals surface area contributed by atoms with Gasteiger partial charge in [-0.3, -0.25) is 10.1 Å². The first-order chi connectivity index (χ1) is 9.10. The number of hydrogen-bond acceptors (Lipinski definition) is 5. The van der Waals surface area contributed by atoms with Crippen LogP contribution < -0.4 is 11.1 Å². The minimum Gasteiger partial charge on any atom is -0.397 e. The molecule has 0 fully saturated rings. The van der Waals surface area contributed by atoms with Gasteiger partial charge < -0.3 is 11.1 Å². The van der Waals surface area contributed by atoms with Crippen LogP contribution in [-0.2, 0) is 0 Å². The van der Waals surface area contributed by atoms with Crippen LogP contribution in [0.5, 0.6) is 0 Å². The number of hydrogen-bond donors (Lipinski definition) is 2. The molecule has 19 heavy (non-hydrogen) atoms. The fourth-order valence-electron chi connectivity index (χ4n) is 1.56. The lowest BCUT2D eigenvalue weighted by Crippen LogP contribution is -1.98. The number of benzene rings is 2. The second-order valence-corrected chi connectivity index (χ2v) is 3.84. The maximum absolute atomic E-state index is 10.6. The highest BCUT2D eigenvalue weighted by molar-refractivity contribution is 5.74. The summed E-state index contributed by atoms with van der Waals surface area (Å²) in [7, 11) is 0. The number of nitrogens with one attached hydrogen (secondary N) is 1. The van der Waals surface area contributed by atoms with E-state index in [1.54, 1.807) is 30.3 Å². The van der Waals surface area contributed by atoms with Gasteiger partial charge in [-0.2, -0.15) is 5.26 Å². The van der Waals surface area contributed by atoms with E-state index < -0.39 is 4.92 Å². The summed E-state index contributed by atoms with van der Waals surface area (Å²) in [6, 6.07) is 13.1. The number of nitro groups is 1. The number of rotatable bonds is 3. The second-order valence-electron chi connectivity index (χ2n) is 3.84. The average molecular weight is 254 g/mol. The molecule has 0 saturated carbocycles. The third-order valence-electron chi connectivity index (χ3n) is 2.54. The molecule has 0 aliphatic carbocycles. The van der Waals surface area contributed by atoms with Gasteiger partial charge in [0.25, 0.3) is 5.69 Å². The van der Waals surface area contributed by atoms with Gasteiger partial charge in [0.15, 0.2) is 0 Å². The van der Waals surface area contributed by atoms with E-state index >= 15 is 0 Å². The van der Waals surface area contributed by atoms with Gasteiger partial charge in [-0.15, -0.1) is 0 Å². The highest BCUT2D eigenvalue weighted by Gasteiger charge is 2.08. The summed E-state index contributed by atoms with van der Waals surface area (Å²) >= 11 is 0. The third-order valence-corrected chi connectivity index (χ3v) is 2.54. The Morgan fingerprint density at radius 3 is 2.42 bits per heavy atom. The van der Waals surface area contributed by atoms with Crippen LogP contribution in [0.1, 0.15) is 5.56 Å². The largest absolute Gasteiger partial charge is 0.397 e. The van der Waals surface area contributed by atoms with E-state index in [2.05, 4.69) is 5.32 Å². The lowest BCUT2D eigenvalue weighted by molar-refractivity contribution is -0.384. The summed E-state index contributed by atoms with van der Waals surface area (Å²) in [5, 5.41) is 22.3. The number of nitrogen functional groups attached to an aromatic ring is 1. The molecule has 0 spiro atoms. The van der Waals surface area contributed by atoms with Gasteiger partial charge in [0.1, 0.15) is 0 Å². The van der Waals surface area contributed by atoms with E-state index in [0.29, 0.717) is 16.9 Å². The van der Waals surface area contributed by atoms with Crippen molar-refractivity contribution >= 4 is 22.7 Å². The fourth-order valence-corrected chi connectivity index (χ4v) is 1.56. The normalized spacial score (nSPS) is 9.63. The maximum atomic E-state index is 10.6. The molecule has 0 bridgehead atoms. The lowest BCUT2D eigenvalue weighted by Gasteiger charge is -2.09. The Labute approximate surface area is 109 Å². The third kappa shape index (κ3) is 2.79. The number of nitriles is 1. The molecule has 0 saturated heterocycles. The Bertz CT molecular complexity index is 659. The van der Waals surface area contributed by atoms with Crippen molar-refractivity contribution < 1.29 is 4.92 Å². The summed E-state index contributed by atoms with van der Waals surface area (Å²) in [5.41, 5.74) is 7.87. The van der Waals surface area contributed by atoms with Crippen molar-refractivity contribution in [3.8, 4) is 6.07 Å². The van der Waals surface area contributed by atoms with Gasteiger partial charge in [0.2, 0.25) is 0 Å². The predicted octanol–water partition coefficient (Wildman–Crippen LogP) is 2.79. The molecule has 6 nitrogen and oxygen atoms in total. The molecular formula is C13H10N4O2. The van der Waals surface area contributed by atoms with Crippen LogP contribution in [0.15, 0.2) is 42.5 Å². The van der Waals surface area contributed by atoms with Crippen LogP contribution in [0.3, 0.4) is 0 Å². The SMILES string of the molecule is N#Cc1ccc(Nc2ccc([N+](=O)[O-])cc2N)cc1. The Morgan fingerprint density at radius 1 is 1.21 bits per heavy atom. The molecule has 0 amide bonds. The molecule has 0 radical (unpaired) electrons. The topological polar surface area (TPSA) is 105 Å². The quantitative estimate of drug-likeness (QED) is 0.497. The first-order valence-electron chi connectivity index (χ1n) is 5.41. The molecular weight excluding hydrogens is 244 g/mol. The van der Waals surface area contributed by atoms with Gasteiger partial charge in [-0.1, -0.05) is 0 Å². The van der Waals surface area contributed by atoms with Crippen LogP contribution >= 0.6 is 0 Å². The summed E-state index contributed by atoms with van der Waals surface area (Å²) in [4.78, 5) is 10.1. The molecule has 6 heteroatoms. The number of nitrogens with two attached hydrogens (primary N) is 1. The van der Waals surface area contributed by atoms with Gasteiger partial charge in [0.05, 0.1) is 27.9 Å². The molecule has 94 valence electrons. The van der Waals surface area contributed by atoms with Crippen molar-refractivity contribution in [3.63, 3.8) is 0 Å². The number of nitrogens with zero attached hydrogens (tertiary/aromatic N) is 2. The molecule has 0 atom stereocenters. The molecule has 0 heterocycles. The first kappa shape index (κ1) is 12.4. The molecule has 2 rings (SSSR count). The Kier molecular flexibility index (Phi) is 3.30. The average Bonchev–Trinajstić information content (AvgIpc) is 2.41. The fraction of sp³-hybridized carbons (Fsp3) is 0. The number of anilines is 3. The zero-order valence-electron chi connectivity index (χ0n) is 9.83.